The highest BCUT2D eigenvalue weighted by Gasteiger charge is 2.49. The van der Waals surface area contributed by atoms with Gasteiger partial charge in [-0.1, -0.05) is 0 Å². The first-order valence-corrected chi connectivity index (χ1v) is 8.04. The summed E-state index contributed by atoms with van der Waals surface area (Å²) in [6, 6.07) is 0. The van der Waals surface area contributed by atoms with Crippen molar-refractivity contribution >= 4 is 22.4 Å². The fourth-order valence-corrected chi connectivity index (χ4v) is 4.04. The zero-order chi connectivity index (χ0) is 12.9. The molecule has 3 aliphatic rings. The zero-order valence-electron chi connectivity index (χ0n) is 11.0. The highest BCUT2D eigenvalue weighted by molar-refractivity contribution is 7.13. The third kappa shape index (κ3) is 2.14. The van der Waals surface area contributed by atoms with Crippen molar-refractivity contribution in [2.75, 3.05) is 31.1 Å². The van der Waals surface area contributed by atoms with Crippen LogP contribution in [0.3, 0.4) is 0 Å². The number of carbonyl (C=O) groups is 1. The summed E-state index contributed by atoms with van der Waals surface area (Å²) in [6.45, 7) is 4.12. The molecule has 5 heteroatoms. The van der Waals surface area contributed by atoms with Crippen molar-refractivity contribution in [2.24, 2.45) is 11.3 Å². The van der Waals surface area contributed by atoms with Crippen LogP contribution in [0.25, 0.3) is 0 Å². The monoisotopic (exact) mass is 277 g/mol. The molecule has 1 aromatic heterocycles. The summed E-state index contributed by atoms with van der Waals surface area (Å²) in [7, 11) is 0. The highest BCUT2D eigenvalue weighted by atomic mass is 32.1. The number of nitrogens with zero attached hydrogens (tertiary/aromatic N) is 3. The smallest absolute Gasteiger partial charge is 0.222 e. The Hall–Kier alpha value is -1.10. The Balaban J connectivity index is 1.33. The molecule has 1 aliphatic carbocycles. The molecule has 3 heterocycles. The minimum absolute atomic E-state index is 0.366. The number of carbonyl (C=O) groups excluding carboxylic acids is 1. The molecule has 0 N–H and O–H groups in total. The van der Waals surface area contributed by atoms with Crippen LogP contribution in [0.2, 0.25) is 0 Å². The molecular formula is C14H19N3OS. The summed E-state index contributed by atoms with van der Waals surface area (Å²) in [5.41, 5.74) is 0.366. The first-order valence-electron chi connectivity index (χ1n) is 7.16. The third-order valence-corrected chi connectivity index (χ3v) is 5.53. The van der Waals surface area contributed by atoms with Crippen LogP contribution in [0.4, 0.5) is 5.13 Å². The van der Waals surface area contributed by atoms with Gasteiger partial charge in [0, 0.05) is 49.6 Å². The van der Waals surface area contributed by atoms with Crippen molar-refractivity contribution < 1.29 is 4.79 Å². The van der Waals surface area contributed by atoms with Crippen LogP contribution in [0, 0.1) is 11.3 Å². The van der Waals surface area contributed by atoms with Gasteiger partial charge >= 0.3 is 0 Å². The van der Waals surface area contributed by atoms with Crippen LogP contribution in [0.15, 0.2) is 11.6 Å². The van der Waals surface area contributed by atoms with Gasteiger partial charge in [-0.15, -0.1) is 11.3 Å². The molecule has 2 saturated heterocycles. The molecule has 2 aliphatic heterocycles. The highest BCUT2D eigenvalue weighted by Crippen LogP contribution is 2.42. The van der Waals surface area contributed by atoms with Gasteiger partial charge in [-0.05, 0) is 25.2 Å². The molecule has 19 heavy (non-hydrogen) atoms. The average Bonchev–Trinajstić information content (AvgIpc) is 2.89. The molecule has 3 fully saturated rings. The van der Waals surface area contributed by atoms with Gasteiger partial charge in [0.25, 0.3) is 0 Å². The van der Waals surface area contributed by atoms with Crippen LogP contribution in [-0.2, 0) is 4.79 Å². The lowest BCUT2D eigenvalue weighted by atomic mass is 9.79. The molecule has 1 amide bonds. The van der Waals surface area contributed by atoms with Gasteiger partial charge in [0.2, 0.25) is 5.91 Å². The Morgan fingerprint density at radius 1 is 1.42 bits per heavy atom. The number of aromatic nitrogens is 1. The van der Waals surface area contributed by atoms with E-state index >= 15 is 0 Å². The first kappa shape index (κ1) is 11.7. The molecule has 4 rings (SSSR count). The molecule has 4 nitrogen and oxygen atoms in total. The molecule has 0 bridgehead atoms. The molecule has 0 radical (unpaired) electrons. The summed E-state index contributed by atoms with van der Waals surface area (Å²) in [5, 5.41) is 3.17. The maximum atomic E-state index is 12.0. The van der Waals surface area contributed by atoms with Crippen LogP contribution in [-0.4, -0.2) is 42.0 Å². The number of rotatable bonds is 3. The average molecular weight is 277 g/mol. The van der Waals surface area contributed by atoms with E-state index in [0.717, 1.165) is 37.7 Å². The Kier molecular flexibility index (Phi) is 2.59. The van der Waals surface area contributed by atoms with E-state index in [-0.39, 0.29) is 0 Å². The molecule has 0 atom stereocenters. The predicted octanol–water partition coefficient (Wildman–Crippen LogP) is 1.98. The molecule has 1 saturated carbocycles. The number of hydrogen-bond donors (Lipinski definition) is 0. The summed E-state index contributed by atoms with van der Waals surface area (Å²) in [5.74, 6) is 1.10. The largest absolute Gasteiger partial charge is 0.347 e. The first-order chi connectivity index (χ1) is 9.24. The van der Waals surface area contributed by atoms with Crippen LogP contribution < -0.4 is 4.90 Å². The van der Waals surface area contributed by atoms with Gasteiger partial charge < -0.3 is 9.80 Å². The van der Waals surface area contributed by atoms with Gasteiger partial charge in [0.05, 0.1) is 0 Å². The summed E-state index contributed by atoms with van der Waals surface area (Å²) < 4.78 is 0. The van der Waals surface area contributed by atoms with E-state index in [1.807, 2.05) is 11.6 Å². The number of hydrogen-bond acceptors (Lipinski definition) is 4. The Labute approximate surface area is 117 Å². The quantitative estimate of drug-likeness (QED) is 0.847. The van der Waals surface area contributed by atoms with E-state index in [4.69, 9.17) is 0 Å². The second-order valence-electron chi connectivity index (χ2n) is 6.38. The van der Waals surface area contributed by atoms with Crippen molar-refractivity contribution in [1.29, 1.82) is 0 Å². The van der Waals surface area contributed by atoms with E-state index < -0.39 is 0 Å². The topological polar surface area (TPSA) is 36.4 Å². The SMILES string of the molecule is O=C(CC1CC1)N1CC2(CCN(c3nccs3)C2)C1. The van der Waals surface area contributed by atoms with Crippen LogP contribution >= 0.6 is 11.3 Å². The second kappa shape index (κ2) is 4.20. The molecule has 1 aromatic rings. The minimum atomic E-state index is 0.366. The molecule has 0 aromatic carbocycles. The van der Waals surface area contributed by atoms with Crippen molar-refractivity contribution in [1.82, 2.24) is 9.88 Å². The van der Waals surface area contributed by atoms with Gasteiger partial charge in [0.1, 0.15) is 0 Å². The second-order valence-corrected chi connectivity index (χ2v) is 7.26. The number of likely N-dealkylation sites (tertiary alicyclic amines) is 1. The summed E-state index contributed by atoms with van der Waals surface area (Å²) >= 11 is 1.71. The van der Waals surface area contributed by atoms with E-state index in [9.17, 15) is 4.79 Å². The molecule has 0 unspecified atom stereocenters. The van der Waals surface area contributed by atoms with Gasteiger partial charge in [0.15, 0.2) is 5.13 Å². The van der Waals surface area contributed by atoms with E-state index in [2.05, 4.69) is 14.8 Å². The maximum Gasteiger partial charge on any atom is 0.222 e. The van der Waals surface area contributed by atoms with Crippen molar-refractivity contribution in [3.05, 3.63) is 11.6 Å². The van der Waals surface area contributed by atoms with E-state index in [0.29, 0.717) is 17.2 Å². The Morgan fingerprint density at radius 3 is 2.95 bits per heavy atom. The van der Waals surface area contributed by atoms with Crippen molar-refractivity contribution in [3.8, 4) is 0 Å². The normalized spacial score (nSPS) is 24.8. The van der Waals surface area contributed by atoms with Crippen molar-refractivity contribution in [3.63, 3.8) is 0 Å². The van der Waals surface area contributed by atoms with Crippen LogP contribution in [0.5, 0.6) is 0 Å². The summed E-state index contributed by atoms with van der Waals surface area (Å²) in [6.07, 6.45) is 6.41. The fourth-order valence-electron chi connectivity index (χ4n) is 3.37. The maximum absolute atomic E-state index is 12.0. The lowest BCUT2D eigenvalue weighted by Crippen LogP contribution is -2.59. The number of amides is 1. The predicted molar refractivity (Wildman–Crippen MR) is 75.3 cm³/mol. The van der Waals surface area contributed by atoms with Gasteiger partial charge in [-0.3, -0.25) is 4.79 Å². The van der Waals surface area contributed by atoms with E-state index in [1.165, 1.54) is 19.3 Å². The van der Waals surface area contributed by atoms with Crippen LogP contribution in [0.1, 0.15) is 25.7 Å². The minimum Gasteiger partial charge on any atom is -0.347 e. The van der Waals surface area contributed by atoms with E-state index in [1.54, 1.807) is 11.3 Å². The molecular weight excluding hydrogens is 258 g/mol. The summed E-state index contributed by atoms with van der Waals surface area (Å²) in [4.78, 5) is 20.9. The van der Waals surface area contributed by atoms with Gasteiger partial charge in [-0.25, -0.2) is 4.98 Å². The Morgan fingerprint density at radius 2 is 2.26 bits per heavy atom. The third-order valence-electron chi connectivity index (χ3n) is 4.69. The molecule has 102 valence electrons. The fraction of sp³-hybridized carbons (Fsp3) is 0.714. The lowest BCUT2D eigenvalue weighted by Gasteiger charge is -2.48. The zero-order valence-corrected chi connectivity index (χ0v) is 11.9. The lowest BCUT2D eigenvalue weighted by molar-refractivity contribution is -0.142. The standard InChI is InChI=1S/C14H19N3OS/c18-12(7-11-1-2-11)17-9-14(10-17)3-5-16(8-14)13-15-4-6-19-13/h4,6,11H,1-3,5,7-10H2. The molecule has 1 spiro atoms. The number of thiazole rings is 1. The van der Waals surface area contributed by atoms with Gasteiger partial charge in [-0.2, -0.15) is 0 Å². The number of anilines is 1. The van der Waals surface area contributed by atoms with Crippen molar-refractivity contribution in [2.45, 2.75) is 25.7 Å². The Bertz CT molecular complexity index is 477.